The molecule has 0 aliphatic rings. The molecule has 1 aromatic heterocycles. The van der Waals surface area contributed by atoms with Gasteiger partial charge in [0.25, 0.3) is 0 Å². The first-order valence-electron chi connectivity index (χ1n) is 6.06. The van der Waals surface area contributed by atoms with Crippen molar-refractivity contribution in [2.45, 2.75) is 13.5 Å². The summed E-state index contributed by atoms with van der Waals surface area (Å²) in [6.45, 7) is 2.55. The van der Waals surface area contributed by atoms with Gasteiger partial charge in [0.1, 0.15) is 0 Å². The predicted molar refractivity (Wildman–Crippen MR) is 72.6 cm³/mol. The number of hydrogen-bond acceptors (Lipinski definition) is 4. The molecule has 0 amide bonds. The van der Waals surface area contributed by atoms with Crippen LogP contribution in [0.5, 0.6) is 11.5 Å². The van der Waals surface area contributed by atoms with Gasteiger partial charge < -0.3 is 14.6 Å². The molecule has 1 heterocycles. The SMILES string of the molecule is COc1cc(C)cc(-c2cnn(CCO)c2)c1OC. The number of benzene rings is 1. The maximum absolute atomic E-state index is 8.92. The molecule has 0 unspecified atom stereocenters. The fourth-order valence-corrected chi connectivity index (χ4v) is 2.04. The molecule has 0 radical (unpaired) electrons. The standard InChI is InChI=1S/C14H18N2O3/c1-10-6-12(14(19-3)13(7-10)18-2)11-8-15-16(9-11)4-5-17/h6-9,17H,4-5H2,1-3H3. The van der Waals surface area contributed by atoms with Crippen molar-refractivity contribution in [1.82, 2.24) is 9.78 Å². The number of rotatable bonds is 5. The lowest BCUT2D eigenvalue weighted by Gasteiger charge is -2.13. The van der Waals surface area contributed by atoms with Crippen LogP contribution in [0, 0.1) is 6.92 Å². The number of ether oxygens (including phenoxy) is 2. The van der Waals surface area contributed by atoms with Crippen molar-refractivity contribution >= 4 is 0 Å². The molecule has 5 nitrogen and oxygen atoms in total. The van der Waals surface area contributed by atoms with Crippen molar-refractivity contribution in [1.29, 1.82) is 0 Å². The number of nitrogens with zero attached hydrogens (tertiary/aromatic N) is 2. The van der Waals surface area contributed by atoms with E-state index >= 15 is 0 Å². The molecule has 0 saturated heterocycles. The Kier molecular flexibility index (Phi) is 4.06. The van der Waals surface area contributed by atoms with Gasteiger partial charge in [-0.2, -0.15) is 5.10 Å². The van der Waals surface area contributed by atoms with Gasteiger partial charge >= 0.3 is 0 Å². The largest absolute Gasteiger partial charge is 0.493 e. The molecule has 5 heteroatoms. The van der Waals surface area contributed by atoms with Crippen LogP contribution in [0.2, 0.25) is 0 Å². The Morgan fingerprint density at radius 3 is 2.68 bits per heavy atom. The summed E-state index contributed by atoms with van der Waals surface area (Å²) < 4.78 is 12.5. The van der Waals surface area contributed by atoms with Gasteiger partial charge in [0.05, 0.1) is 33.6 Å². The number of aliphatic hydroxyl groups excluding tert-OH is 1. The first kappa shape index (κ1) is 13.4. The third-order valence-corrected chi connectivity index (χ3v) is 2.90. The van der Waals surface area contributed by atoms with Crippen LogP contribution in [0.15, 0.2) is 24.5 Å². The summed E-state index contributed by atoms with van der Waals surface area (Å²) in [5, 5.41) is 13.1. The van der Waals surface area contributed by atoms with Gasteiger partial charge in [-0.05, 0) is 24.6 Å². The Hall–Kier alpha value is -2.01. The normalized spacial score (nSPS) is 10.5. The molecule has 19 heavy (non-hydrogen) atoms. The minimum absolute atomic E-state index is 0.0649. The van der Waals surface area contributed by atoms with Crippen LogP contribution in [-0.4, -0.2) is 35.7 Å². The molecule has 0 aliphatic heterocycles. The Bertz CT molecular complexity index is 564. The molecule has 0 saturated carbocycles. The van der Waals surface area contributed by atoms with Crippen molar-refractivity contribution in [3.05, 3.63) is 30.1 Å². The highest BCUT2D eigenvalue weighted by atomic mass is 16.5. The summed E-state index contributed by atoms with van der Waals surface area (Å²) in [5.74, 6) is 1.39. The monoisotopic (exact) mass is 262 g/mol. The summed E-state index contributed by atoms with van der Waals surface area (Å²) in [7, 11) is 3.24. The molecule has 0 aliphatic carbocycles. The van der Waals surface area contributed by atoms with E-state index in [2.05, 4.69) is 5.10 Å². The average molecular weight is 262 g/mol. The number of hydrogen-bond donors (Lipinski definition) is 1. The average Bonchev–Trinajstić information content (AvgIpc) is 2.86. The predicted octanol–water partition coefficient (Wildman–Crippen LogP) is 1.87. The van der Waals surface area contributed by atoms with Gasteiger partial charge in [0, 0.05) is 17.3 Å². The van der Waals surface area contributed by atoms with Gasteiger partial charge in [-0.15, -0.1) is 0 Å². The Labute approximate surface area is 112 Å². The molecular formula is C14H18N2O3. The van der Waals surface area contributed by atoms with Gasteiger partial charge in [0.15, 0.2) is 11.5 Å². The van der Waals surface area contributed by atoms with Gasteiger partial charge in [-0.1, -0.05) is 0 Å². The van der Waals surface area contributed by atoms with Gasteiger partial charge in [0.2, 0.25) is 0 Å². The lowest BCUT2D eigenvalue weighted by molar-refractivity contribution is 0.269. The van der Waals surface area contributed by atoms with E-state index in [1.54, 1.807) is 25.1 Å². The quantitative estimate of drug-likeness (QED) is 0.893. The first-order chi connectivity index (χ1) is 9.19. The molecular weight excluding hydrogens is 244 g/mol. The number of methoxy groups -OCH3 is 2. The summed E-state index contributed by atoms with van der Waals surface area (Å²) in [6, 6.07) is 3.96. The minimum Gasteiger partial charge on any atom is -0.493 e. The molecule has 0 atom stereocenters. The van der Waals surface area contributed by atoms with E-state index in [0.29, 0.717) is 18.0 Å². The van der Waals surface area contributed by atoms with E-state index in [1.165, 1.54) is 0 Å². The fourth-order valence-electron chi connectivity index (χ4n) is 2.04. The number of aromatic nitrogens is 2. The van der Waals surface area contributed by atoms with Crippen LogP contribution < -0.4 is 9.47 Å². The van der Waals surface area contributed by atoms with Crippen molar-refractivity contribution in [3.63, 3.8) is 0 Å². The summed E-state index contributed by atoms with van der Waals surface area (Å²) in [5.41, 5.74) is 2.96. The molecule has 1 aromatic carbocycles. The molecule has 102 valence electrons. The highest BCUT2D eigenvalue weighted by molar-refractivity contribution is 5.74. The van der Waals surface area contributed by atoms with Crippen molar-refractivity contribution in [2.75, 3.05) is 20.8 Å². The first-order valence-corrected chi connectivity index (χ1v) is 6.06. The highest BCUT2D eigenvalue weighted by Gasteiger charge is 2.14. The highest BCUT2D eigenvalue weighted by Crippen LogP contribution is 2.38. The molecule has 0 spiro atoms. The van der Waals surface area contributed by atoms with E-state index in [-0.39, 0.29) is 6.61 Å². The third-order valence-electron chi connectivity index (χ3n) is 2.90. The molecule has 1 N–H and O–H groups in total. The molecule has 2 rings (SSSR count). The summed E-state index contributed by atoms with van der Waals surface area (Å²) in [6.07, 6.45) is 3.64. The number of aliphatic hydroxyl groups is 1. The molecule has 2 aromatic rings. The third kappa shape index (κ3) is 2.71. The van der Waals surface area contributed by atoms with Crippen molar-refractivity contribution in [3.8, 4) is 22.6 Å². The molecule has 0 fully saturated rings. The van der Waals surface area contributed by atoms with E-state index in [0.717, 1.165) is 16.7 Å². The maximum atomic E-state index is 8.92. The van der Waals surface area contributed by atoms with Crippen LogP contribution >= 0.6 is 0 Å². The molecule has 0 bridgehead atoms. The Morgan fingerprint density at radius 1 is 1.26 bits per heavy atom. The van der Waals surface area contributed by atoms with Gasteiger partial charge in [-0.3, -0.25) is 4.68 Å². The lowest BCUT2D eigenvalue weighted by Crippen LogP contribution is -2.01. The van der Waals surface area contributed by atoms with Crippen LogP contribution in [0.4, 0.5) is 0 Å². The second kappa shape index (κ2) is 5.75. The van der Waals surface area contributed by atoms with E-state index in [4.69, 9.17) is 14.6 Å². The van der Waals surface area contributed by atoms with E-state index < -0.39 is 0 Å². The maximum Gasteiger partial charge on any atom is 0.168 e. The Morgan fingerprint density at radius 2 is 2.05 bits per heavy atom. The summed E-state index contributed by atoms with van der Waals surface area (Å²) in [4.78, 5) is 0. The van der Waals surface area contributed by atoms with Crippen molar-refractivity contribution < 1.29 is 14.6 Å². The lowest BCUT2D eigenvalue weighted by atomic mass is 10.0. The van der Waals surface area contributed by atoms with Crippen LogP contribution in [0.1, 0.15) is 5.56 Å². The Balaban J connectivity index is 2.50. The van der Waals surface area contributed by atoms with Crippen LogP contribution in [-0.2, 0) is 6.54 Å². The summed E-state index contributed by atoms with van der Waals surface area (Å²) >= 11 is 0. The van der Waals surface area contributed by atoms with Gasteiger partial charge in [-0.25, -0.2) is 0 Å². The van der Waals surface area contributed by atoms with E-state index in [9.17, 15) is 0 Å². The van der Waals surface area contributed by atoms with Crippen molar-refractivity contribution in [2.24, 2.45) is 0 Å². The smallest absolute Gasteiger partial charge is 0.168 e. The van der Waals surface area contributed by atoms with E-state index in [1.807, 2.05) is 25.3 Å². The fraction of sp³-hybridized carbons (Fsp3) is 0.357. The second-order valence-corrected chi connectivity index (χ2v) is 4.26. The zero-order valence-electron chi connectivity index (χ0n) is 11.4. The number of aryl methyl sites for hydroxylation is 1. The zero-order chi connectivity index (χ0) is 13.8. The van der Waals surface area contributed by atoms with Crippen LogP contribution in [0.25, 0.3) is 11.1 Å². The topological polar surface area (TPSA) is 56.5 Å². The zero-order valence-corrected chi connectivity index (χ0v) is 11.4. The second-order valence-electron chi connectivity index (χ2n) is 4.26. The van der Waals surface area contributed by atoms with Crippen LogP contribution in [0.3, 0.4) is 0 Å². The minimum atomic E-state index is 0.0649.